The van der Waals surface area contributed by atoms with Crippen molar-refractivity contribution in [3.05, 3.63) is 24.0 Å². The molecule has 0 atom stereocenters. The molecule has 5 heteroatoms. The molecule has 0 aliphatic heterocycles. The summed E-state index contributed by atoms with van der Waals surface area (Å²) in [6.07, 6.45) is 3.81. The average molecular weight is 237 g/mol. The highest BCUT2D eigenvalue weighted by Gasteiger charge is 2.41. The van der Waals surface area contributed by atoms with Crippen LogP contribution in [0.15, 0.2) is 18.3 Å². The Morgan fingerprint density at radius 3 is 2.57 bits per heavy atom. The van der Waals surface area contributed by atoms with Gasteiger partial charge >= 0.3 is 0 Å². The highest BCUT2D eigenvalue weighted by molar-refractivity contribution is 5.85. The third kappa shape index (κ3) is 2.50. The third-order valence-corrected chi connectivity index (χ3v) is 2.27. The van der Waals surface area contributed by atoms with Crippen molar-refractivity contribution in [3.63, 3.8) is 0 Å². The summed E-state index contributed by atoms with van der Waals surface area (Å²) in [6.45, 7) is 0. The summed E-state index contributed by atoms with van der Waals surface area (Å²) in [5, 5.41) is 0. The minimum absolute atomic E-state index is 0. The van der Waals surface area contributed by atoms with Crippen molar-refractivity contribution < 1.29 is 4.74 Å². The quantitative estimate of drug-likeness (QED) is 0.854. The monoisotopic (exact) mass is 236 g/mol. The summed E-state index contributed by atoms with van der Waals surface area (Å²) in [5.74, 6) is 0.830. The molecule has 1 fully saturated rings. The van der Waals surface area contributed by atoms with Gasteiger partial charge in [-0.25, -0.2) is 0 Å². The van der Waals surface area contributed by atoms with E-state index in [0.29, 0.717) is 0 Å². The van der Waals surface area contributed by atoms with Crippen LogP contribution in [0.25, 0.3) is 0 Å². The van der Waals surface area contributed by atoms with Gasteiger partial charge in [0.1, 0.15) is 5.75 Å². The molecule has 1 aromatic heterocycles. The van der Waals surface area contributed by atoms with Crippen LogP contribution in [0.4, 0.5) is 0 Å². The van der Waals surface area contributed by atoms with Crippen LogP contribution in [0.1, 0.15) is 18.5 Å². The topological polar surface area (TPSA) is 48.1 Å². The Hall–Kier alpha value is -0.510. The molecule has 0 amide bonds. The fourth-order valence-electron chi connectivity index (χ4n) is 1.20. The summed E-state index contributed by atoms with van der Waals surface area (Å²) in [6, 6.07) is 3.74. The average Bonchev–Trinajstić information content (AvgIpc) is 2.85. The van der Waals surface area contributed by atoms with Crippen molar-refractivity contribution in [2.75, 3.05) is 7.11 Å². The van der Waals surface area contributed by atoms with Gasteiger partial charge in [-0.05, 0) is 18.9 Å². The summed E-state index contributed by atoms with van der Waals surface area (Å²) in [7, 11) is 1.65. The SMILES string of the molecule is COc1ccnc(C2(N)CC2)c1.Cl.Cl. The zero-order valence-corrected chi connectivity index (χ0v) is 9.53. The van der Waals surface area contributed by atoms with Gasteiger partial charge in [0.2, 0.25) is 0 Å². The molecule has 1 aromatic rings. The second-order valence-electron chi connectivity index (χ2n) is 3.24. The standard InChI is InChI=1S/C9H12N2O.2ClH/c1-12-7-2-5-11-8(6-7)9(10)3-4-9;;/h2,5-6H,3-4,10H2,1H3;2*1H. The zero-order valence-electron chi connectivity index (χ0n) is 7.90. The fraction of sp³-hybridized carbons (Fsp3) is 0.444. The first-order chi connectivity index (χ1) is 5.74. The normalized spacial score (nSPS) is 16.1. The maximum Gasteiger partial charge on any atom is 0.122 e. The lowest BCUT2D eigenvalue weighted by atomic mass is 10.2. The Morgan fingerprint density at radius 2 is 2.07 bits per heavy atom. The first kappa shape index (κ1) is 13.5. The van der Waals surface area contributed by atoms with Crippen molar-refractivity contribution in [2.45, 2.75) is 18.4 Å². The van der Waals surface area contributed by atoms with E-state index >= 15 is 0 Å². The highest BCUT2D eigenvalue weighted by atomic mass is 35.5. The summed E-state index contributed by atoms with van der Waals surface area (Å²) < 4.78 is 5.08. The summed E-state index contributed by atoms with van der Waals surface area (Å²) in [5.41, 5.74) is 6.76. The molecule has 1 saturated carbocycles. The summed E-state index contributed by atoms with van der Waals surface area (Å²) in [4.78, 5) is 4.22. The molecule has 3 nitrogen and oxygen atoms in total. The lowest BCUT2D eigenvalue weighted by Gasteiger charge is -2.08. The number of aromatic nitrogens is 1. The summed E-state index contributed by atoms with van der Waals surface area (Å²) >= 11 is 0. The van der Waals surface area contributed by atoms with Crippen molar-refractivity contribution >= 4 is 24.8 Å². The number of methoxy groups -OCH3 is 1. The van der Waals surface area contributed by atoms with Crippen LogP contribution in [0.2, 0.25) is 0 Å². The van der Waals surface area contributed by atoms with E-state index in [2.05, 4.69) is 4.98 Å². The first-order valence-corrected chi connectivity index (χ1v) is 4.04. The zero-order chi connectivity index (χ0) is 8.60. The van der Waals surface area contributed by atoms with E-state index in [4.69, 9.17) is 10.5 Å². The largest absolute Gasteiger partial charge is 0.497 e. The maximum absolute atomic E-state index is 5.97. The van der Waals surface area contributed by atoms with Crippen molar-refractivity contribution in [1.29, 1.82) is 0 Å². The van der Waals surface area contributed by atoms with Crippen molar-refractivity contribution in [1.82, 2.24) is 4.98 Å². The maximum atomic E-state index is 5.97. The van der Waals surface area contributed by atoms with Crippen LogP contribution in [0.3, 0.4) is 0 Å². The van der Waals surface area contributed by atoms with Gasteiger partial charge in [-0.15, -0.1) is 24.8 Å². The van der Waals surface area contributed by atoms with E-state index < -0.39 is 0 Å². The second kappa shape index (κ2) is 4.82. The molecule has 80 valence electrons. The van der Waals surface area contributed by atoms with E-state index in [1.165, 1.54) is 0 Å². The predicted octanol–water partition coefficient (Wildman–Crippen LogP) is 1.88. The van der Waals surface area contributed by atoms with E-state index in [1.807, 2.05) is 12.1 Å². The Balaban J connectivity index is 0.000000845. The number of hydrogen-bond donors (Lipinski definition) is 1. The Morgan fingerprint density at radius 1 is 1.43 bits per heavy atom. The van der Waals surface area contributed by atoms with Gasteiger partial charge in [-0.3, -0.25) is 4.98 Å². The molecule has 2 N–H and O–H groups in total. The number of ether oxygens (including phenoxy) is 1. The number of nitrogens with zero attached hydrogens (tertiary/aromatic N) is 1. The fourth-order valence-corrected chi connectivity index (χ4v) is 1.20. The molecule has 0 spiro atoms. The highest BCUT2D eigenvalue weighted by Crippen LogP contribution is 2.42. The first-order valence-electron chi connectivity index (χ1n) is 4.04. The number of pyridine rings is 1. The minimum Gasteiger partial charge on any atom is -0.497 e. The molecule has 0 bridgehead atoms. The van der Waals surface area contributed by atoms with Gasteiger partial charge in [0.15, 0.2) is 0 Å². The lowest BCUT2D eigenvalue weighted by molar-refractivity contribution is 0.412. The number of nitrogens with two attached hydrogens (primary N) is 1. The molecule has 2 rings (SSSR count). The third-order valence-electron chi connectivity index (χ3n) is 2.27. The van der Waals surface area contributed by atoms with Gasteiger partial charge in [-0.1, -0.05) is 0 Å². The number of halogens is 2. The Kier molecular flexibility index (Phi) is 4.65. The van der Waals surface area contributed by atoms with E-state index in [0.717, 1.165) is 24.3 Å². The van der Waals surface area contributed by atoms with E-state index in [-0.39, 0.29) is 30.4 Å². The molecule has 1 aliphatic rings. The molecule has 1 aliphatic carbocycles. The molecule has 0 saturated heterocycles. The molecule has 0 radical (unpaired) electrons. The number of rotatable bonds is 2. The van der Waals surface area contributed by atoms with Crippen molar-refractivity contribution in [2.24, 2.45) is 5.73 Å². The van der Waals surface area contributed by atoms with Gasteiger partial charge < -0.3 is 10.5 Å². The smallest absolute Gasteiger partial charge is 0.122 e. The van der Waals surface area contributed by atoms with Crippen LogP contribution in [-0.2, 0) is 5.54 Å². The second-order valence-corrected chi connectivity index (χ2v) is 3.24. The van der Waals surface area contributed by atoms with E-state index in [1.54, 1.807) is 13.3 Å². The van der Waals surface area contributed by atoms with Gasteiger partial charge in [0.25, 0.3) is 0 Å². The molecule has 14 heavy (non-hydrogen) atoms. The molecule has 0 aromatic carbocycles. The lowest BCUT2D eigenvalue weighted by Crippen LogP contribution is -2.20. The van der Waals surface area contributed by atoms with E-state index in [9.17, 15) is 0 Å². The predicted molar refractivity (Wildman–Crippen MR) is 60.4 cm³/mol. The molecular weight excluding hydrogens is 223 g/mol. The van der Waals surface area contributed by atoms with Crippen LogP contribution in [-0.4, -0.2) is 12.1 Å². The van der Waals surface area contributed by atoms with Crippen LogP contribution in [0.5, 0.6) is 5.75 Å². The Labute approximate surface area is 95.9 Å². The molecule has 0 unspecified atom stereocenters. The van der Waals surface area contributed by atoms with Gasteiger partial charge in [0.05, 0.1) is 18.3 Å². The van der Waals surface area contributed by atoms with Gasteiger partial charge in [0, 0.05) is 12.3 Å². The van der Waals surface area contributed by atoms with Crippen molar-refractivity contribution in [3.8, 4) is 5.75 Å². The van der Waals surface area contributed by atoms with Crippen LogP contribution >= 0.6 is 24.8 Å². The van der Waals surface area contributed by atoms with Crippen LogP contribution in [0, 0.1) is 0 Å². The number of hydrogen-bond acceptors (Lipinski definition) is 3. The minimum atomic E-state index is -0.158. The molecular formula is C9H14Cl2N2O. The van der Waals surface area contributed by atoms with Gasteiger partial charge in [-0.2, -0.15) is 0 Å². The van der Waals surface area contributed by atoms with Crippen LogP contribution < -0.4 is 10.5 Å². The Bertz CT molecular complexity index is 303. The molecule has 1 heterocycles.